The minimum atomic E-state index is -0.261. The fraction of sp³-hybridized carbons (Fsp3) is 0.308. The van der Waals surface area contributed by atoms with Crippen molar-refractivity contribution in [1.82, 2.24) is 14.4 Å². The molecule has 0 fully saturated rings. The average molecular weight is 433 g/mol. The summed E-state index contributed by atoms with van der Waals surface area (Å²) >= 11 is 0. The van der Waals surface area contributed by atoms with Crippen molar-refractivity contribution >= 4 is 17.6 Å². The summed E-state index contributed by atoms with van der Waals surface area (Å²) in [6.45, 7) is 5.51. The van der Waals surface area contributed by atoms with E-state index in [-0.39, 0.29) is 18.5 Å². The molecule has 1 aromatic heterocycles. The van der Waals surface area contributed by atoms with Gasteiger partial charge in [-0.1, -0.05) is 55.0 Å². The standard InChI is InChI=1S/C26H32N4O2/c1-4-16-29(26(32)27-23-14-12-21(2)13-15-23)20-25(31)30(18-22-9-6-5-7-10-22)19-24-11-8-17-28(24)3/h5-15,17H,4,16,18-20H2,1-3H3,(H,27,32). The summed E-state index contributed by atoms with van der Waals surface area (Å²) in [6, 6.07) is 21.3. The van der Waals surface area contributed by atoms with Gasteiger partial charge in [0.1, 0.15) is 6.54 Å². The monoisotopic (exact) mass is 432 g/mol. The maximum absolute atomic E-state index is 13.4. The van der Waals surface area contributed by atoms with Crippen molar-refractivity contribution in [3.05, 3.63) is 89.7 Å². The lowest BCUT2D eigenvalue weighted by Crippen LogP contribution is -2.44. The molecule has 0 saturated heterocycles. The number of benzene rings is 2. The second-order valence-corrected chi connectivity index (χ2v) is 8.06. The number of rotatable bonds is 9. The fourth-order valence-electron chi connectivity index (χ4n) is 3.52. The van der Waals surface area contributed by atoms with Gasteiger partial charge in [-0.3, -0.25) is 4.79 Å². The van der Waals surface area contributed by atoms with Gasteiger partial charge >= 0.3 is 6.03 Å². The Hall–Kier alpha value is -3.54. The van der Waals surface area contributed by atoms with E-state index >= 15 is 0 Å². The second-order valence-electron chi connectivity index (χ2n) is 8.06. The molecule has 3 rings (SSSR count). The number of hydrogen-bond acceptors (Lipinski definition) is 2. The van der Waals surface area contributed by atoms with Crippen LogP contribution in [0.15, 0.2) is 72.9 Å². The number of hydrogen-bond donors (Lipinski definition) is 1. The van der Waals surface area contributed by atoms with Crippen LogP contribution < -0.4 is 5.32 Å². The first kappa shape index (κ1) is 23.1. The Morgan fingerprint density at radius 3 is 2.25 bits per heavy atom. The molecule has 0 radical (unpaired) electrons. The molecule has 1 N–H and O–H groups in total. The molecule has 0 saturated carbocycles. The van der Waals surface area contributed by atoms with Crippen LogP contribution in [0.1, 0.15) is 30.2 Å². The number of carbonyl (C=O) groups is 2. The molecule has 0 spiro atoms. The highest BCUT2D eigenvalue weighted by molar-refractivity contribution is 5.92. The van der Waals surface area contributed by atoms with Gasteiger partial charge in [-0.25, -0.2) is 4.79 Å². The fourth-order valence-corrected chi connectivity index (χ4v) is 3.52. The highest BCUT2D eigenvalue weighted by Gasteiger charge is 2.22. The Balaban J connectivity index is 1.73. The lowest BCUT2D eigenvalue weighted by molar-refractivity contribution is -0.133. The van der Waals surface area contributed by atoms with Gasteiger partial charge in [-0.15, -0.1) is 0 Å². The van der Waals surface area contributed by atoms with Gasteiger partial charge in [0.25, 0.3) is 0 Å². The van der Waals surface area contributed by atoms with Crippen LogP contribution in [-0.2, 0) is 24.9 Å². The smallest absolute Gasteiger partial charge is 0.322 e. The second kappa shape index (κ2) is 11.2. The van der Waals surface area contributed by atoms with Gasteiger partial charge in [0.15, 0.2) is 0 Å². The summed E-state index contributed by atoms with van der Waals surface area (Å²) in [7, 11) is 1.97. The highest BCUT2D eigenvalue weighted by Crippen LogP contribution is 2.13. The van der Waals surface area contributed by atoms with Gasteiger partial charge < -0.3 is 19.7 Å². The maximum atomic E-state index is 13.4. The summed E-state index contributed by atoms with van der Waals surface area (Å²) in [4.78, 5) is 29.7. The molecule has 2 aromatic carbocycles. The summed E-state index contributed by atoms with van der Waals surface area (Å²) in [5.74, 6) is -0.0810. The first-order chi connectivity index (χ1) is 15.5. The number of nitrogens with zero attached hydrogens (tertiary/aromatic N) is 3. The maximum Gasteiger partial charge on any atom is 0.322 e. The third-order valence-corrected chi connectivity index (χ3v) is 5.38. The number of anilines is 1. The minimum Gasteiger partial charge on any atom is -0.353 e. The van der Waals surface area contributed by atoms with Crippen LogP contribution in [0.4, 0.5) is 10.5 Å². The van der Waals surface area contributed by atoms with E-state index < -0.39 is 0 Å². The molecule has 6 nitrogen and oxygen atoms in total. The lowest BCUT2D eigenvalue weighted by atomic mass is 10.2. The van der Waals surface area contributed by atoms with Crippen LogP contribution in [0.25, 0.3) is 0 Å². The summed E-state index contributed by atoms with van der Waals surface area (Å²) < 4.78 is 2.01. The number of carbonyl (C=O) groups excluding carboxylic acids is 2. The number of aromatic nitrogens is 1. The predicted molar refractivity (Wildman–Crippen MR) is 128 cm³/mol. The Morgan fingerprint density at radius 2 is 1.62 bits per heavy atom. The molecule has 32 heavy (non-hydrogen) atoms. The molecule has 6 heteroatoms. The van der Waals surface area contributed by atoms with E-state index in [2.05, 4.69) is 5.32 Å². The van der Waals surface area contributed by atoms with E-state index in [0.717, 1.165) is 28.9 Å². The van der Waals surface area contributed by atoms with Gasteiger partial charge in [0.05, 0.1) is 6.54 Å². The third kappa shape index (κ3) is 6.48. The largest absolute Gasteiger partial charge is 0.353 e. The van der Waals surface area contributed by atoms with Crippen molar-refractivity contribution in [3.63, 3.8) is 0 Å². The van der Waals surface area contributed by atoms with Crippen LogP contribution in [0, 0.1) is 6.92 Å². The first-order valence-electron chi connectivity index (χ1n) is 11.0. The molecule has 0 unspecified atom stereocenters. The molecule has 3 amide bonds. The van der Waals surface area contributed by atoms with E-state index in [0.29, 0.717) is 19.6 Å². The van der Waals surface area contributed by atoms with Crippen molar-refractivity contribution in [2.24, 2.45) is 7.05 Å². The molecular formula is C26H32N4O2. The van der Waals surface area contributed by atoms with Gasteiger partial charge in [-0.05, 0) is 43.2 Å². The van der Waals surface area contributed by atoms with Crippen molar-refractivity contribution in [2.45, 2.75) is 33.4 Å². The number of urea groups is 1. The summed E-state index contributed by atoms with van der Waals surface area (Å²) in [6.07, 6.45) is 2.74. The highest BCUT2D eigenvalue weighted by atomic mass is 16.2. The van der Waals surface area contributed by atoms with Crippen LogP contribution >= 0.6 is 0 Å². The van der Waals surface area contributed by atoms with Crippen LogP contribution in [0.3, 0.4) is 0 Å². The van der Waals surface area contributed by atoms with E-state index in [9.17, 15) is 9.59 Å². The molecule has 0 aliphatic rings. The summed E-state index contributed by atoms with van der Waals surface area (Å²) in [5, 5.41) is 2.91. The summed E-state index contributed by atoms with van der Waals surface area (Å²) in [5.41, 5.74) is 3.95. The van der Waals surface area contributed by atoms with Crippen molar-refractivity contribution < 1.29 is 9.59 Å². The normalized spacial score (nSPS) is 10.6. The van der Waals surface area contributed by atoms with Gasteiger partial charge in [-0.2, -0.15) is 0 Å². The zero-order valence-corrected chi connectivity index (χ0v) is 19.1. The number of nitrogens with one attached hydrogen (secondary N) is 1. The van der Waals surface area contributed by atoms with Crippen LogP contribution in [-0.4, -0.2) is 39.4 Å². The van der Waals surface area contributed by atoms with Crippen molar-refractivity contribution in [1.29, 1.82) is 0 Å². The Morgan fingerprint density at radius 1 is 0.906 bits per heavy atom. The Bertz CT molecular complexity index is 1010. The van der Waals surface area contributed by atoms with E-state index in [1.807, 2.05) is 103 Å². The van der Waals surface area contributed by atoms with E-state index in [4.69, 9.17) is 0 Å². The number of amides is 3. The number of aryl methyl sites for hydroxylation is 2. The average Bonchev–Trinajstić information content (AvgIpc) is 3.19. The van der Waals surface area contributed by atoms with E-state index in [1.165, 1.54) is 0 Å². The Kier molecular flexibility index (Phi) is 8.08. The van der Waals surface area contributed by atoms with Gasteiger partial charge in [0, 0.05) is 37.7 Å². The van der Waals surface area contributed by atoms with Gasteiger partial charge in [0.2, 0.25) is 5.91 Å². The van der Waals surface area contributed by atoms with Crippen molar-refractivity contribution in [3.8, 4) is 0 Å². The Labute approximate surface area is 190 Å². The van der Waals surface area contributed by atoms with E-state index in [1.54, 1.807) is 4.90 Å². The SMILES string of the molecule is CCCN(CC(=O)N(Cc1ccccc1)Cc1cccn1C)C(=O)Nc1ccc(C)cc1. The predicted octanol–water partition coefficient (Wildman–Crippen LogP) is 4.81. The topological polar surface area (TPSA) is 57.6 Å². The minimum absolute atomic E-state index is 0.0305. The molecule has 168 valence electrons. The molecule has 1 heterocycles. The van der Waals surface area contributed by atoms with Crippen molar-refractivity contribution in [2.75, 3.05) is 18.4 Å². The lowest BCUT2D eigenvalue weighted by Gasteiger charge is -2.28. The van der Waals surface area contributed by atoms with Crippen LogP contribution in [0.5, 0.6) is 0 Å². The molecule has 3 aromatic rings. The van der Waals surface area contributed by atoms with Crippen LogP contribution in [0.2, 0.25) is 0 Å². The first-order valence-corrected chi connectivity index (χ1v) is 11.0. The molecule has 0 atom stereocenters. The molecule has 0 bridgehead atoms. The zero-order chi connectivity index (χ0) is 22.9. The molecular weight excluding hydrogens is 400 g/mol. The third-order valence-electron chi connectivity index (χ3n) is 5.38. The molecule has 0 aliphatic carbocycles. The molecule has 0 aliphatic heterocycles. The quantitative estimate of drug-likeness (QED) is 0.528. The zero-order valence-electron chi connectivity index (χ0n) is 19.1.